The Morgan fingerprint density at radius 3 is 2.50 bits per heavy atom. The number of hydrogen-bond donors (Lipinski definition) is 1. The predicted molar refractivity (Wildman–Crippen MR) is 73.5 cm³/mol. The second-order valence-electron chi connectivity index (χ2n) is 5.34. The van der Waals surface area contributed by atoms with Crippen molar-refractivity contribution in [2.45, 2.75) is 38.1 Å². The maximum absolute atomic E-state index is 11.2. The van der Waals surface area contributed by atoms with Crippen LogP contribution >= 0.6 is 0 Å². The molecular weight excluding hydrogens is 228 g/mol. The molecule has 0 unspecified atom stereocenters. The third-order valence-corrected chi connectivity index (χ3v) is 4.00. The fraction of sp³-hybridized carbons (Fsp3) is 0.786. The standard InChI is InChI=1S/C14H26N2O2/c1-12(13(17)18-4)7-10-15-11-14(16(2)3)8-5-6-9-14/h7,15H,5-6,8-11H2,1-4H3. The van der Waals surface area contributed by atoms with Crippen LogP contribution in [0.4, 0.5) is 0 Å². The van der Waals surface area contributed by atoms with Crippen LogP contribution < -0.4 is 5.32 Å². The van der Waals surface area contributed by atoms with Crippen molar-refractivity contribution in [3.05, 3.63) is 11.6 Å². The number of esters is 1. The van der Waals surface area contributed by atoms with Gasteiger partial charge in [-0.05, 0) is 33.9 Å². The third kappa shape index (κ3) is 3.82. The van der Waals surface area contributed by atoms with E-state index < -0.39 is 0 Å². The van der Waals surface area contributed by atoms with E-state index in [1.165, 1.54) is 32.8 Å². The van der Waals surface area contributed by atoms with Crippen molar-refractivity contribution in [1.82, 2.24) is 10.2 Å². The van der Waals surface area contributed by atoms with Crippen molar-refractivity contribution < 1.29 is 9.53 Å². The zero-order chi connectivity index (χ0) is 13.6. The van der Waals surface area contributed by atoms with Gasteiger partial charge >= 0.3 is 5.97 Å². The van der Waals surface area contributed by atoms with Gasteiger partial charge in [0.15, 0.2) is 0 Å². The van der Waals surface area contributed by atoms with E-state index in [-0.39, 0.29) is 5.97 Å². The lowest BCUT2D eigenvalue weighted by atomic mass is 9.96. The van der Waals surface area contributed by atoms with Gasteiger partial charge in [-0.25, -0.2) is 4.79 Å². The van der Waals surface area contributed by atoms with Gasteiger partial charge in [-0.3, -0.25) is 0 Å². The zero-order valence-corrected chi connectivity index (χ0v) is 12.1. The van der Waals surface area contributed by atoms with Crippen molar-refractivity contribution >= 4 is 5.97 Å². The van der Waals surface area contributed by atoms with Crippen molar-refractivity contribution in [2.24, 2.45) is 0 Å². The molecule has 4 heteroatoms. The van der Waals surface area contributed by atoms with Crippen molar-refractivity contribution in [3.63, 3.8) is 0 Å². The molecule has 0 aliphatic heterocycles. The summed E-state index contributed by atoms with van der Waals surface area (Å²) in [5.74, 6) is -0.250. The highest BCUT2D eigenvalue weighted by molar-refractivity contribution is 5.87. The molecule has 1 rings (SSSR count). The molecule has 0 aromatic heterocycles. The number of nitrogens with zero attached hydrogens (tertiary/aromatic N) is 1. The predicted octanol–water partition coefficient (Wildman–Crippen LogP) is 1.57. The zero-order valence-electron chi connectivity index (χ0n) is 12.1. The molecule has 0 aromatic carbocycles. The fourth-order valence-corrected chi connectivity index (χ4v) is 2.59. The summed E-state index contributed by atoms with van der Waals surface area (Å²) in [4.78, 5) is 13.5. The van der Waals surface area contributed by atoms with Crippen LogP contribution in [-0.2, 0) is 9.53 Å². The largest absolute Gasteiger partial charge is 0.466 e. The number of rotatable bonds is 6. The van der Waals surface area contributed by atoms with Crippen molar-refractivity contribution in [2.75, 3.05) is 34.3 Å². The van der Waals surface area contributed by atoms with Gasteiger partial charge in [0.25, 0.3) is 0 Å². The van der Waals surface area contributed by atoms with Crippen LogP contribution in [0.15, 0.2) is 11.6 Å². The van der Waals surface area contributed by atoms with E-state index in [0.717, 1.165) is 13.1 Å². The van der Waals surface area contributed by atoms with Gasteiger partial charge in [0, 0.05) is 24.2 Å². The van der Waals surface area contributed by atoms with E-state index >= 15 is 0 Å². The molecule has 0 amide bonds. The molecule has 0 aromatic rings. The number of ether oxygens (including phenoxy) is 1. The van der Waals surface area contributed by atoms with Crippen LogP contribution in [0.2, 0.25) is 0 Å². The van der Waals surface area contributed by atoms with E-state index in [9.17, 15) is 4.79 Å². The Morgan fingerprint density at radius 1 is 1.39 bits per heavy atom. The van der Waals surface area contributed by atoms with E-state index in [4.69, 9.17) is 0 Å². The summed E-state index contributed by atoms with van der Waals surface area (Å²) in [7, 11) is 5.72. The quantitative estimate of drug-likeness (QED) is 0.444. The fourth-order valence-electron chi connectivity index (χ4n) is 2.59. The van der Waals surface area contributed by atoms with Gasteiger partial charge in [-0.2, -0.15) is 0 Å². The van der Waals surface area contributed by atoms with Crippen LogP contribution in [0.5, 0.6) is 0 Å². The van der Waals surface area contributed by atoms with E-state index in [1.54, 1.807) is 6.92 Å². The Bertz CT molecular complexity index is 305. The molecule has 0 heterocycles. The molecule has 0 radical (unpaired) electrons. The van der Waals surface area contributed by atoms with E-state index in [0.29, 0.717) is 11.1 Å². The second-order valence-corrected chi connectivity index (χ2v) is 5.34. The normalized spacial score (nSPS) is 19.3. The minimum absolute atomic E-state index is 0.250. The number of hydrogen-bond acceptors (Lipinski definition) is 4. The number of nitrogens with one attached hydrogen (secondary N) is 1. The Morgan fingerprint density at radius 2 is 2.00 bits per heavy atom. The molecule has 1 N–H and O–H groups in total. The molecule has 1 aliphatic rings. The highest BCUT2D eigenvalue weighted by Gasteiger charge is 2.35. The Balaban J connectivity index is 2.39. The van der Waals surface area contributed by atoms with Gasteiger partial charge in [0.05, 0.1) is 7.11 Å². The highest BCUT2D eigenvalue weighted by Crippen LogP contribution is 2.32. The van der Waals surface area contributed by atoms with Gasteiger partial charge in [-0.1, -0.05) is 18.9 Å². The summed E-state index contributed by atoms with van der Waals surface area (Å²) < 4.78 is 4.66. The molecule has 104 valence electrons. The maximum Gasteiger partial charge on any atom is 0.333 e. The molecule has 1 aliphatic carbocycles. The average molecular weight is 254 g/mol. The molecule has 0 saturated heterocycles. The second kappa shape index (κ2) is 6.90. The minimum Gasteiger partial charge on any atom is -0.466 e. The summed E-state index contributed by atoms with van der Waals surface area (Å²) in [6.45, 7) is 3.48. The first-order valence-corrected chi connectivity index (χ1v) is 6.65. The number of methoxy groups -OCH3 is 1. The van der Waals surface area contributed by atoms with Crippen LogP contribution in [-0.4, -0.2) is 50.7 Å². The monoisotopic (exact) mass is 254 g/mol. The molecule has 4 nitrogen and oxygen atoms in total. The SMILES string of the molecule is COC(=O)C(C)=CCNCC1(N(C)C)CCCC1. The summed E-state index contributed by atoms with van der Waals surface area (Å²) >= 11 is 0. The van der Waals surface area contributed by atoms with E-state index in [1.807, 2.05) is 6.08 Å². The van der Waals surface area contributed by atoms with E-state index in [2.05, 4.69) is 29.0 Å². The lowest BCUT2D eigenvalue weighted by molar-refractivity contribution is -0.136. The van der Waals surface area contributed by atoms with Gasteiger partial charge < -0.3 is 15.0 Å². The van der Waals surface area contributed by atoms with Gasteiger partial charge in [-0.15, -0.1) is 0 Å². The summed E-state index contributed by atoms with van der Waals surface area (Å²) in [6.07, 6.45) is 7.04. The first-order chi connectivity index (χ1) is 8.52. The summed E-state index contributed by atoms with van der Waals surface area (Å²) in [6, 6.07) is 0. The molecule has 0 bridgehead atoms. The lowest BCUT2D eigenvalue weighted by Crippen LogP contribution is -2.49. The summed E-state index contributed by atoms with van der Waals surface area (Å²) in [5, 5.41) is 3.43. The van der Waals surface area contributed by atoms with Gasteiger partial charge in [0.2, 0.25) is 0 Å². The summed E-state index contributed by atoms with van der Waals surface area (Å²) in [5.41, 5.74) is 0.961. The molecule has 18 heavy (non-hydrogen) atoms. The Kier molecular flexibility index (Phi) is 5.82. The third-order valence-electron chi connectivity index (χ3n) is 4.00. The average Bonchev–Trinajstić information content (AvgIpc) is 2.83. The topological polar surface area (TPSA) is 41.6 Å². The Labute approximate surface area is 110 Å². The van der Waals surface area contributed by atoms with Gasteiger partial charge in [0.1, 0.15) is 0 Å². The van der Waals surface area contributed by atoms with Crippen LogP contribution in [0.25, 0.3) is 0 Å². The first kappa shape index (κ1) is 15.2. The number of carbonyl (C=O) groups is 1. The molecule has 1 fully saturated rings. The molecule has 0 atom stereocenters. The lowest BCUT2D eigenvalue weighted by Gasteiger charge is -2.36. The van der Waals surface area contributed by atoms with Crippen LogP contribution in [0.3, 0.4) is 0 Å². The highest BCUT2D eigenvalue weighted by atomic mass is 16.5. The van der Waals surface area contributed by atoms with Crippen LogP contribution in [0, 0.1) is 0 Å². The number of likely N-dealkylation sites (N-methyl/N-ethyl adjacent to an activating group) is 1. The molecule has 1 saturated carbocycles. The number of carbonyl (C=O) groups excluding carboxylic acids is 1. The van der Waals surface area contributed by atoms with Crippen LogP contribution in [0.1, 0.15) is 32.6 Å². The smallest absolute Gasteiger partial charge is 0.333 e. The molecule has 0 spiro atoms. The first-order valence-electron chi connectivity index (χ1n) is 6.65. The van der Waals surface area contributed by atoms with Crippen molar-refractivity contribution in [3.8, 4) is 0 Å². The Hall–Kier alpha value is -0.870. The van der Waals surface area contributed by atoms with Crippen molar-refractivity contribution in [1.29, 1.82) is 0 Å². The minimum atomic E-state index is -0.250. The molecular formula is C14H26N2O2. The maximum atomic E-state index is 11.2.